The van der Waals surface area contributed by atoms with Crippen LogP contribution in [0.5, 0.6) is 17.2 Å². The first-order chi connectivity index (χ1) is 26.2. The van der Waals surface area contributed by atoms with E-state index in [1.807, 2.05) is 30.3 Å². The maximum atomic E-state index is 13.0. The Morgan fingerprint density at radius 2 is 1.50 bits per heavy atom. The monoisotopic (exact) mass is 741 g/mol. The molecule has 0 saturated carbocycles. The maximum Gasteiger partial charge on any atom is 0.319 e. The Hall–Kier alpha value is -5.59. The second-order valence-corrected chi connectivity index (χ2v) is 13.6. The minimum atomic E-state index is -0.711. The standard InChI is InChI=1S/C41H51N5O8/c1-52-35-20-18-29(25-36(35)53-2)13-9-12-28-14-10-15-30(24-28)54-27-38(48)42-22-7-5-3-4-6-8-23-43-41(51)44-33-17-11-16-31-32(33)26-46(40(31)50)34-19-21-37(47)45-39(34)49/h10-11,14-18,20,24-25,34H,3-9,12-13,19,21-23,26-27H2,1-2H3,(H,42,48)(H2,43,44,51)(H,45,47,49). The number of methoxy groups -OCH3 is 2. The summed E-state index contributed by atoms with van der Waals surface area (Å²) in [7, 11) is 3.27. The van der Waals surface area contributed by atoms with Crippen LogP contribution in [-0.2, 0) is 33.8 Å². The van der Waals surface area contributed by atoms with E-state index >= 15 is 0 Å². The number of carbonyl (C=O) groups is 5. The fourth-order valence-corrected chi connectivity index (χ4v) is 6.78. The van der Waals surface area contributed by atoms with Crippen LogP contribution in [0, 0.1) is 0 Å². The molecule has 288 valence electrons. The van der Waals surface area contributed by atoms with Gasteiger partial charge in [-0.3, -0.25) is 24.5 Å². The Morgan fingerprint density at radius 1 is 0.796 bits per heavy atom. The van der Waals surface area contributed by atoms with E-state index in [1.54, 1.807) is 32.4 Å². The lowest BCUT2D eigenvalue weighted by atomic mass is 10.0. The minimum absolute atomic E-state index is 0.0264. The number of unbranched alkanes of at least 4 members (excludes halogenated alkanes) is 5. The average molecular weight is 742 g/mol. The molecule has 3 aromatic carbocycles. The molecule has 0 aromatic heterocycles. The molecule has 54 heavy (non-hydrogen) atoms. The number of urea groups is 1. The first-order valence-electron chi connectivity index (χ1n) is 18.8. The van der Waals surface area contributed by atoms with Gasteiger partial charge in [0.2, 0.25) is 11.8 Å². The molecule has 0 radical (unpaired) electrons. The van der Waals surface area contributed by atoms with Crippen molar-refractivity contribution in [3.63, 3.8) is 0 Å². The molecule has 1 unspecified atom stereocenters. The van der Waals surface area contributed by atoms with Gasteiger partial charge >= 0.3 is 6.03 Å². The predicted molar refractivity (Wildman–Crippen MR) is 204 cm³/mol. The molecule has 0 bridgehead atoms. The molecule has 2 aliphatic heterocycles. The number of fused-ring (bicyclic) bond motifs is 1. The molecule has 13 nitrogen and oxygen atoms in total. The number of nitrogens with zero attached hydrogens (tertiary/aromatic N) is 1. The zero-order valence-corrected chi connectivity index (χ0v) is 31.2. The van der Waals surface area contributed by atoms with Crippen molar-refractivity contribution in [2.75, 3.05) is 39.2 Å². The van der Waals surface area contributed by atoms with Crippen LogP contribution in [0.3, 0.4) is 0 Å². The Labute approximate surface area is 316 Å². The van der Waals surface area contributed by atoms with Gasteiger partial charge in [0.15, 0.2) is 18.1 Å². The fourth-order valence-electron chi connectivity index (χ4n) is 6.78. The summed E-state index contributed by atoms with van der Waals surface area (Å²) < 4.78 is 16.5. The largest absolute Gasteiger partial charge is 0.493 e. The molecule has 0 aliphatic carbocycles. The van der Waals surface area contributed by atoms with E-state index in [0.717, 1.165) is 74.8 Å². The summed E-state index contributed by atoms with van der Waals surface area (Å²) in [6.45, 7) is 1.27. The van der Waals surface area contributed by atoms with Crippen LogP contribution in [0.15, 0.2) is 60.7 Å². The lowest BCUT2D eigenvalue weighted by Crippen LogP contribution is -2.52. The van der Waals surface area contributed by atoms with Gasteiger partial charge in [-0.25, -0.2) is 4.79 Å². The van der Waals surface area contributed by atoms with Crippen LogP contribution in [-0.4, -0.2) is 74.5 Å². The van der Waals surface area contributed by atoms with Crippen molar-refractivity contribution < 1.29 is 38.2 Å². The number of nitrogens with one attached hydrogen (secondary N) is 4. The molecule has 4 N–H and O–H groups in total. The topological polar surface area (TPSA) is 164 Å². The smallest absolute Gasteiger partial charge is 0.319 e. The van der Waals surface area contributed by atoms with Crippen LogP contribution in [0.2, 0.25) is 0 Å². The van der Waals surface area contributed by atoms with Crippen molar-refractivity contribution in [3.05, 3.63) is 82.9 Å². The second kappa shape index (κ2) is 20.0. The van der Waals surface area contributed by atoms with Gasteiger partial charge in [-0.1, -0.05) is 49.9 Å². The van der Waals surface area contributed by atoms with Crippen molar-refractivity contribution in [2.24, 2.45) is 0 Å². The number of benzene rings is 3. The summed E-state index contributed by atoms with van der Waals surface area (Å²) in [4.78, 5) is 63.3. The summed E-state index contributed by atoms with van der Waals surface area (Å²) in [5.74, 6) is 0.896. The molecule has 13 heteroatoms. The van der Waals surface area contributed by atoms with Gasteiger partial charge in [0.25, 0.3) is 11.8 Å². The Balaban J connectivity index is 0.883. The molecule has 0 spiro atoms. The van der Waals surface area contributed by atoms with Crippen LogP contribution in [0.25, 0.3) is 0 Å². The SMILES string of the molecule is COc1ccc(CCCc2cccc(OCC(=O)NCCCCCCCCNC(=O)Nc3cccc4c3CN(C3CCC(=O)NC3=O)C4=O)c2)cc1OC. The first kappa shape index (κ1) is 39.6. The van der Waals surface area contributed by atoms with Gasteiger partial charge in [0.1, 0.15) is 11.8 Å². The number of rotatable bonds is 20. The van der Waals surface area contributed by atoms with E-state index in [4.69, 9.17) is 14.2 Å². The van der Waals surface area contributed by atoms with E-state index in [9.17, 15) is 24.0 Å². The van der Waals surface area contributed by atoms with Crippen molar-refractivity contribution >= 4 is 35.3 Å². The summed E-state index contributed by atoms with van der Waals surface area (Å²) in [6.07, 6.45) is 8.95. The Kier molecular flexibility index (Phi) is 14.7. The molecule has 2 heterocycles. The number of ether oxygens (including phenoxy) is 3. The lowest BCUT2D eigenvalue weighted by molar-refractivity contribution is -0.137. The highest BCUT2D eigenvalue weighted by atomic mass is 16.5. The Bertz CT molecular complexity index is 1800. The zero-order chi connectivity index (χ0) is 38.3. The summed E-state index contributed by atoms with van der Waals surface area (Å²) in [6, 6.07) is 17.9. The number of hydrogen-bond donors (Lipinski definition) is 4. The summed E-state index contributed by atoms with van der Waals surface area (Å²) >= 11 is 0. The fraction of sp³-hybridized carbons (Fsp3) is 0.439. The second-order valence-electron chi connectivity index (χ2n) is 13.6. The van der Waals surface area contributed by atoms with E-state index < -0.39 is 11.9 Å². The van der Waals surface area contributed by atoms with E-state index in [-0.39, 0.29) is 49.7 Å². The van der Waals surface area contributed by atoms with E-state index in [0.29, 0.717) is 35.7 Å². The molecule has 1 saturated heterocycles. The highest BCUT2D eigenvalue weighted by molar-refractivity contribution is 6.06. The predicted octanol–water partition coefficient (Wildman–Crippen LogP) is 5.30. The van der Waals surface area contributed by atoms with Gasteiger partial charge in [0, 0.05) is 42.9 Å². The third kappa shape index (κ3) is 11.2. The summed E-state index contributed by atoms with van der Waals surface area (Å²) in [5, 5.41) is 11.0. The molecule has 1 atom stereocenters. The number of hydrogen-bond acceptors (Lipinski definition) is 8. The van der Waals surface area contributed by atoms with Crippen LogP contribution in [0.4, 0.5) is 10.5 Å². The van der Waals surface area contributed by atoms with E-state index in [1.165, 1.54) is 10.5 Å². The summed E-state index contributed by atoms with van der Waals surface area (Å²) in [5.41, 5.74) is 3.97. The van der Waals surface area contributed by atoms with Crippen LogP contribution in [0.1, 0.15) is 84.8 Å². The van der Waals surface area contributed by atoms with Crippen molar-refractivity contribution in [1.82, 2.24) is 20.9 Å². The number of piperidine rings is 1. The third-order valence-corrected chi connectivity index (χ3v) is 9.69. The number of carbonyl (C=O) groups excluding carboxylic acids is 5. The minimum Gasteiger partial charge on any atom is -0.493 e. The van der Waals surface area contributed by atoms with Crippen molar-refractivity contribution in [2.45, 2.75) is 83.2 Å². The molecule has 6 amide bonds. The third-order valence-electron chi connectivity index (χ3n) is 9.69. The van der Waals surface area contributed by atoms with E-state index in [2.05, 4.69) is 33.4 Å². The van der Waals surface area contributed by atoms with Crippen LogP contribution < -0.4 is 35.5 Å². The van der Waals surface area contributed by atoms with Gasteiger partial charge < -0.3 is 35.1 Å². The van der Waals surface area contributed by atoms with Gasteiger partial charge in [0.05, 0.1) is 14.2 Å². The zero-order valence-electron chi connectivity index (χ0n) is 31.2. The lowest BCUT2D eigenvalue weighted by Gasteiger charge is -2.29. The van der Waals surface area contributed by atoms with Crippen molar-refractivity contribution in [3.8, 4) is 17.2 Å². The molecule has 5 rings (SSSR count). The molecular formula is C41H51N5O8. The molecule has 1 fully saturated rings. The maximum absolute atomic E-state index is 13.0. The average Bonchev–Trinajstić information content (AvgIpc) is 3.51. The molecule has 3 aromatic rings. The van der Waals surface area contributed by atoms with Gasteiger partial charge in [-0.15, -0.1) is 0 Å². The molecular weight excluding hydrogens is 690 g/mol. The highest BCUT2D eigenvalue weighted by Crippen LogP contribution is 2.32. The number of amides is 6. The first-order valence-corrected chi connectivity index (χ1v) is 18.8. The quantitative estimate of drug-likeness (QED) is 0.0896. The Morgan fingerprint density at radius 3 is 2.24 bits per heavy atom. The number of imide groups is 1. The van der Waals surface area contributed by atoms with Crippen molar-refractivity contribution in [1.29, 1.82) is 0 Å². The van der Waals surface area contributed by atoms with Gasteiger partial charge in [-0.2, -0.15) is 0 Å². The van der Waals surface area contributed by atoms with Gasteiger partial charge in [-0.05, 0) is 86.1 Å². The normalized spacial score (nSPS) is 15.0. The number of aryl methyl sites for hydroxylation is 2. The van der Waals surface area contributed by atoms with Crippen LogP contribution >= 0.6 is 0 Å². The number of anilines is 1. The highest BCUT2D eigenvalue weighted by Gasteiger charge is 2.40. The molecule has 2 aliphatic rings.